The SMILES string of the molecule is CCCCOCC1CC(C)(C)NC(C)(C)C1. The van der Waals surface area contributed by atoms with Crippen molar-refractivity contribution < 1.29 is 4.74 Å². The first-order chi connectivity index (χ1) is 7.35. The molecule has 0 aromatic rings. The number of rotatable bonds is 5. The zero-order valence-electron chi connectivity index (χ0n) is 11.7. The summed E-state index contributed by atoms with van der Waals surface area (Å²) in [6.45, 7) is 13.3. The highest BCUT2D eigenvalue weighted by Crippen LogP contribution is 2.32. The average molecular weight is 227 g/mol. The maximum absolute atomic E-state index is 5.77. The van der Waals surface area contributed by atoms with Gasteiger partial charge in [-0.25, -0.2) is 0 Å². The molecule has 1 saturated heterocycles. The summed E-state index contributed by atoms with van der Waals surface area (Å²) in [6, 6.07) is 0. The number of unbranched alkanes of at least 4 members (excludes halogenated alkanes) is 1. The molecular formula is C14H29NO. The highest BCUT2D eigenvalue weighted by molar-refractivity contribution is 4.96. The minimum Gasteiger partial charge on any atom is -0.381 e. The van der Waals surface area contributed by atoms with Crippen molar-refractivity contribution in [3.8, 4) is 0 Å². The van der Waals surface area contributed by atoms with Gasteiger partial charge in [0.1, 0.15) is 0 Å². The molecule has 16 heavy (non-hydrogen) atoms. The molecule has 0 aliphatic carbocycles. The van der Waals surface area contributed by atoms with Crippen LogP contribution in [0.1, 0.15) is 60.3 Å². The molecule has 0 aromatic carbocycles. The molecule has 0 aromatic heterocycles. The van der Waals surface area contributed by atoms with Gasteiger partial charge in [0.2, 0.25) is 0 Å². The first-order valence-corrected chi connectivity index (χ1v) is 6.72. The third-order valence-corrected chi connectivity index (χ3v) is 3.27. The number of hydrogen-bond acceptors (Lipinski definition) is 2. The Morgan fingerprint density at radius 1 is 1.12 bits per heavy atom. The van der Waals surface area contributed by atoms with Gasteiger partial charge in [-0.1, -0.05) is 13.3 Å². The lowest BCUT2D eigenvalue weighted by atomic mass is 9.76. The third kappa shape index (κ3) is 4.84. The predicted molar refractivity (Wildman–Crippen MR) is 69.7 cm³/mol. The molecule has 96 valence electrons. The van der Waals surface area contributed by atoms with Crippen molar-refractivity contribution in [2.75, 3.05) is 13.2 Å². The molecule has 2 heteroatoms. The van der Waals surface area contributed by atoms with Crippen LogP contribution in [0.15, 0.2) is 0 Å². The van der Waals surface area contributed by atoms with Gasteiger partial charge in [-0.3, -0.25) is 0 Å². The largest absolute Gasteiger partial charge is 0.381 e. The number of ether oxygens (including phenoxy) is 1. The lowest BCUT2D eigenvalue weighted by Gasteiger charge is -2.46. The van der Waals surface area contributed by atoms with Crippen LogP contribution in [0.5, 0.6) is 0 Å². The van der Waals surface area contributed by atoms with Crippen LogP contribution in [0.3, 0.4) is 0 Å². The number of hydrogen-bond donors (Lipinski definition) is 1. The zero-order chi connectivity index (χ0) is 12.2. The summed E-state index contributed by atoms with van der Waals surface area (Å²) in [5, 5.41) is 3.71. The first kappa shape index (κ1) is 14.0. The average Bonchev–Trinajstić information content (AvgIpc) is 2.07. The number of piperidine rings is 1. The molecule has 1 heterocycles. The highest BCUT2D eigenvalue weighted by atomic mass is 16.5. The number of nitrogens with one attached hydrogen (secondary N) is 1. The molecular weight excluding hydrogens is 198 g/mol. The van der Waals surface area contributed by atoms with Crippen LogP contribution >= 0.6 is 0 Å². The van der Waals surface area contributed by atoms with E-state index < -0.39 is 0 Å². The van der Waals surface area contributed by atoms with Crippen LogP contribution < -0.4 is 5.32 Å². The van der Waals surface area contributed by atoms with Gasteiger partial charge in [-0.2, -0.15) is 0 Å². The quantitative estimate of drug-likeness (QED) is 0.727. The van der Waals surface area contributed by atoms with Crippen molar-refractivity contribution in [3.05, 3.63) is 0 Å². The molecule has 2 nitrogen and oxygen atoms in total. The van der Waals surface area contributed by atoms with Crippen LogP contribution in [-0.4, -0.2) is 24.3 Å². The fourth-order valence-electron chi connectivity index (χ4n) is 3.15. The Morgan fingerprint density at radius 2 is 1.69 bits per heavy atom. The maximum atomic E-state index is 5.77. The standard InChI is InChI=1S/C14H29NO/c1-6-7-8-16-11-12-9-13(2,3)15-14(4,5)10-12/h12,15H,6-11H2,1-5H3. The van der Waals surface area contributed by atoms with E-state index in [4.69, 9.17) is 4.74 Å². The summed E-state index contributed by atoms with van der Waals surface area (Å²) in [6.07, 6.45) is 4.87. The predicted octanol–water partition coefficient (Wildman–Crippen LogP) is 3.36. The Balaban J connectivity index is 2.36. The molecule has 1 N–H and O–H groups in total. The summed E-state index contributed by atoms with van der Waals surface area (Å²) in [5.74, 6) is 0.711. The van der Waals surface area contributed by atoms with E-state index in [9.17, 15) is 0 Å². The Hall–Kier alpha value is -0.0800. The lowest BCUT2D eigenvalue weighted by molar-refractivity contribution is 0.0397. The van der Waals surface area contributed by atoms with Gasteiger partial charge in [-0.05, 0) is 52.9 Å². The van der Waals surface area contributed by atoms with Crippen molar-refractivity contribution in [2.45, 2.75) is 71.4 Å². The monoisotopic (exact) mass is 227 g/mol. The summed E-state index contributed by atoms with van der Waals surface area (Å²) >= 11 is 0. The summed E-state index contributed by atoms with van der Waals surface area (Å²) in [7, 11) is 0. The van der Waals surface area contributed by atoms with Crippen molar-refractivity contribution in [1.29, 1.82) is 0 Å². The normalized spacial score (nSPS) is 24.6. The van der Waals surface area contributed by atoms with Gasteiger partial charge in [-0.15, -0.1) is 0 Å². The lowest BCUT2D eigenvalue weighted by Crippen LogP contribution is -2.58. The van der Waals surface area contributed by atoms with Crippen LogP contribution in [-0.2, 0) is 4.74 Å². The van der Waals surface area contributed by atoms with E-state index >= 15 is 0 Å². The van der Waals surface area contributed by atoms with Crippen LogP contribution in [0.4, 0.5) is 0 Å². The second-order valence-electron chi connectivity index (χ2n) is 6.60. The second-order valence-corrected chi connectivity index (χ2v) is 6.60. The Bertz CT molecular complexity index is 195. The van der Waals surface area contributed by atoms with Gasteiger partial charge in [0.05, 0.1) is 0 Å². The van der Waals surface area contributed by atoms with E-state index in [0.29, 0.717) is 5.92 Å². The Kier molecular flexibility index (Phi) is 4.81. The Labute approximate surface area is 101 Å². The first-order valence-electron chi connectivity index (χ1n) is 6.72. The highest BCUT2D eigenvalue weighted by Gasteiger charge is 2.37. The van der Waals surface area contributed by atoms with Crippen molar-refractivity contribution in [2.24, 2.45) is 5.92 Å². The van der Waals surface area contributed by atoms with Gasteiger partial charge in [0.25, 0.3) is 0 Å². The van der Waals surface area contributed by atoms with Crippen LogP contribution in [0.25, 0.3) is 0 Å². The molecule has 1 aliphatic heterocycles. The molecule has 0 spiro atoms. The molecule has 0 unspecified atom stereocenters. The van der Waals surface area contributed by atoms with Crippen molar-refractivity contribution in [1.82, 2.24) is 5.32 Å². The molecule has 1 aliphatic rings. The van der Waals surface area contributed by atoms with E-state index in [0.717, 1.165) is 13.2 Å². The zero-order valence-corrected chi connectivity index (χ0v) is 11.7. The van der Waals surface area contributed by atoms with Gasteiger partial charge < -0.3 is 10.1 Å². The molecule has 1 fully saturated rings. The topological polar surface area (TPSA) is 21.3 Å². The minimum atomic E-state index is 0.251. The van der Waals surface area contributed by atoms with Crippen LogP contribution in [0.2, 0.25) is 0 Å². The van der Waals surface area contributed by atoms with E-state index in [-0.39, 0.29) is 11.1 Å². The van der Waals surface area contributed by atoms with Gasteiger partial charge >= 0.3 is 0 Å². The maximum Gasteiger partial charge on any atom is 0.0495 e. The van der Waals surface area contributed by atoms with E-state index in [2.05, 4.69) is 39.9 Å². The van der Waals surface area contributed by atoms with E-state index in [1.54, 1.807) is 0 Å². The van der Waals surface area contributed by atoms with Crippen molar-refractivity contribution >= 4 is 0 Å². The third-order valence-electron chi connectivity index (χ3n) is 3.27. The van der Waals surface area contributed by atoms with Gasteiger partial charge in [0, 0.05) is 24.3 Å². The summed E-state index contributed by atoms with van der Waals surface area (Å²) < 4.78 is 5.77. The molecule has 0 bridgehead atoms. The second kappa shape index (κ2) is 5.50. The Morgan fingerprint density at radius 3 is 2.19 bits per heavy atom. The smallest absolute Gasteiger partial charge is 0.0495 e. The molecule has 0 saturated carbocycles. The van der Waals surface area contributed by atoms with Gasteiger partial charge in [0.15, 0.2) is 0 Å². The van der Waals surface area contributed by atoms with E-state index in [1.807, 2.05) is 0 Å². The fraction of sp³-hybridized carbons (Fsp3) is 1.00. The fourth-order valence-corrected chi connectivity index (χ4v) is 3.15. The van der Waals surface area contributed by atoms with Crippen LogP contribution in [0, 0.1) is 5.92 Å². The molecule has 0 atom stereocenters. The molecule has 0 radical (unpaired) electrons. The van der Waals surface area contributed by atoms with E-state index in [1.165, 1.54) is 25.7 Å². The molecule has 1 rings (SSSR count). The summed E-state index contributed by atoms with van der Waals surface area (Å²) in [5.41, 5.74) is 0.501. The molecule has 0 amide bonds. The van der Waals surface area contributed by atoms with Crippen molar-refractivity contribution in [3.63, 3.8) is 0 Å². The minimum absolute atomic E-state index is 0.251. The summed E-state index contributed by atoms with van der Waals surface area (Å²) in [4.78, 5) is 0.